The van der Waals surface area contributed by atoms with E-state index in [0.717, 1.165) is 37.3 Å². The first-order chi connectivity index (χ1) is 8.11. The molecule has 1 aromatic carbocycles. The number of rotatable bonds is 4. The van der Waals surface area contributed by atoms with Gasteiger partial charge in [-0.2, -0.15) is 0 Å². The van der Waals surface area contributed by atoms with Crippen LogP contribution in [0, 0.1) is 13.8 Å². The van der Waals surface area contributed by atoms with Gasteiger partial charge in [-0.15, -0.1) is 0 Å². The molecule has 2 N–H and O–H groups in total. The van der Waals surface area contributed by atoms with Gasteiger partial charge in [0.2, 0.25) is 0 Å². The number of hydrogen-bond donors (Lipinski definition) is 2. The molecule has 0 unspecified atom stereocenters. The molecule has 17 heavy (non-hydrogen) atoms. The van der Waals surface area contributed by atoms with Crippen LogP contribution in [0.4, 0.5) is 0 Å². The van der Waals surface area contributed by atoms with Gasteiger partial charge in [0.05, 0.1) is 0 Å². The molecule has 0 atom stereocenters. The van der Waals surface area contributed by atoms with Crippen LogP contribution in [0.1, 0.15) is 23.6 Å². The van der Waals surface area contributed by atoms with Crippen molar-refractivity contribution in [1.82, 2.24) is 10.2 Å². The zero-order chi connectivity index (χ0) is 12.4. The summed E-state index contributed by atoms with van der Waals surface area (Å²) in [7, 11) is 0. The summed E-state index contributed by atoms with van der Waals surface area (Å²) in [5, 5.41) is 13.1. The summed E-state index contributed by atoms with van der Waals surface area (Å²) >= 11 is 0. The molecular formula is C14H22N2O. The second kappa shape index (κ2) is 5.07. The van der Waals surface area contributed by atoms with E-state index < -0.39 is 0 Å². The lowest BCUT2D eigenvalue weighted by Crippen LogP contribution is -2.56. The first-order valence-corrected chi connectivity index (χ1v) is 6.35. The van der Waals surface area contributed by atoms with Gasteiger partial charge in [-0.25, -0.2) is 0 Å². The molecule has 0 aromatic heterocycles. The van der Waals surface area contributed by atoms with Crippen molar-refractivity contribution in [3.05, 3.63) is 28.8 Å². The Morgan fingerprint density at radius 2 is 1.88 bits per heavy atom. The Bertz CT molecular complexity index is 376. The number of likely N-dealkylation sites (N-methyl/N-ethyl adjacent to an activating group) is 1. The predicted octanol–water partition coefficient (Wildman–Crippen LogP) is 1.80. The van der Waals surface area contributed by atoms with Crippen LogP contribution in [0.2, 0.25) is 0 Å². The third-order valence-corrected chi connectivity index (χ3v) is 3.62. The molecule has 0 saturated carbocycles. The zero-order valence-electron chi connectivity index (χ0n) is 11.0. The molecule has 1 aliphatic rings. The highest BCUT2D eigenvalue weighted by Gasteiger charge is 2.23. The Kier molecular flexibility index (Phi) is 3.69. The molecule has 1 aliphatic heterocycles. The fraction of sp³-hybridized carbons (Fsp3) is 0.571. The monoisotopic (exact) mass is 234 g/mol. The normalized spacial score (nSPS) is 16.2. The number of benzene rings is 1. The molecule has 1 aromatic rings. The Labute approximate surface area is 103 Å². The summed E-state index contributed by atoms with van der Waals surface area (Å²) in [5.74, 6) is 0.433. The Morgan fingerprint density at radius 3 is 2.29 bits per heavy atom. The number of nitrogens with zero attached hydrogens (tertiary/aromatic N) is 1. The van der Waals surface area contributed by atoms with Crippen molar-refractivity contribution < 1.29 is 5.11 Å². The second-order valence-electron chi connectivity index (χ2n) is 4.95. The molecule has 0 bridgehead atoms. The minimum absolute atomic E-state index is 0.433. The lowest BCUT2D eigenvalue weighted by molar-refractivity contribution is 0.145. The van der Waals surface area contributed by atoms with Gasteiger partial charge in [-0.1, -0.05) is 19.1 Å². The third-order valence-electron chi connectivity index (χ3n) is 3.62. The largest absolute Gasteiger partial charge is 0.507 e. The van der Waals surface area contributed by atoms with Crippen LogP contribution in [-0.2, 0) is 6.54 Å². The van der Waals surface area contributed by atoms with Crippen LogP contribution in [0.15, 0.2) is 12.1 Å². The molecule has 2 rings (SSSR count). The van der Waals surface area contributed by atoms with Crippen LogP contribution in [0.5, 0.6) is 5.75 Å². The quantitative estimate of drug-likeness (QED) is 0.834. The van der Waals surface area contributed by atoms with Crippen LogP contribution >= 0.6 is 0 Å². The molecule has 3 heteroatoms. The fourth-order valence-corrected chi connectivity index (χ4v) is 2.40. The summed E-state index contributed by atoms with van der Waals surface area (Å²) in [4.78, 5) is 2.49. The van der Waals surface area contributed by atoms with Crippen molar-refractivity contribution in [2.24, 2.45) is 0 Å². The first kappa shape index (κ1) is 12.4. The summed E-state index contributed by atoms with van der Waals surface area (Å²) in [6.07, 6.45) is 0. The lowest BCUT2D eigenvalue weighted by atomic mass is 10.0. The summed E-state index contributed by atoms with van der Waals surface area (Å²) < 4.78 is 0. The smallest absolute Gasteiger partial charge is 0.121 e. The number of phenols is 1. The third kappa shape index (κ3) is 2.61. The van der Waals surface area contributed by atoms with Crippen LogP contribution in [0.3, 0.4) is 0 Å². The van der Waals surface area contributed by atoms with Crippen molar-refractivity contribution >= 4 is 0 Å². The minimum atomic E-state index is 0.433. The van der Waals surface area contributed by atoms with E-state index in [1.807, 2.05) is 13.8 Å². The zero-order valence-corrected chi connectivity index (χ0v) is 11.0. The van der Waals surface area contributed by atoms with E-state index in [-0.39, 0.29) is 0 Å². The topological polar surface area (TPSA) is 35.5 Å². The molecule has 0 radical (unpaired) electrons. The molecular weight excluding hydrogens is 212 g/mol. The number of hydrogen-bond acceptors (Lipinski definition) is 3. The highest BCUT2D eigenvalue weighted by atomic mass is 16.3. The predicted molar refractivity (Wildman–Crippen MR) is 70.3 cm³/mol. The number of aryl methyl sites for hydroxylation is 2. The molecule has 3 nitrogen and oxygen atoms in total. The van der Waals surface area contributed by atoms with Gasteiger partial charge in [0.15, 0.2) is 0 Å². The number of phenolic OH excluding ortho intramolecular Hbond substituents is 1. The van der Waals surface area contributed by atoms with E-state index in [1.165, 1.54) is 5.56 Å². The first-order valence-electron chi connectivity index (χ1n) is 6.35. The highest BCUT2D eigenvalue weighted by Crippen LogP contribution is 2.24. The van der Waals surface area contributed by atoms with E-state index in [2.05, 4.69) is 29.3 Å². The number of nitrogens with one attached hydrogen (secondary N) is 1. The highest BCUT2D eigenvalue weighted by molar-refractivity contribution is 5.42. The Balaban J connectivity index is 2.11. The van der Waals surface area contributed by atoms with Crippen molar-refractivity contribution in [1.29, 1.82) is 0 Å². The maximum absolute atomic E-state index is 9.76. The van der Waals surface area contributed by atoms with Crippen molar-refractivity contribution in [3.8, 4) is 5.75 Å². The van der Waals surface area contributed by atoms with Gasteiger partial charge >= 0.3 is 0 Å². The van der Waals surface area contributed by atoms with Crippen LogP contribution < -0.4 is 5.32 Å². The van der Waals surface area contributed by atoms with Gasteiger partial charge in [-0.3, -0.25) is 4.90 Å². The van der Waals surface area contributed by atoms with E-state index in [1.54, 1.807) is 0 Å². The standard InChI is InChI=1S/C14H22N2O/c1-4-16(13-7-15-8-13)9-12-5-10(2)14(17)11(3)6-12/h5-6,13,15,17H,4,7-9H2,1-3H3. The molecule has 0 amide bonds. The summed E-state index contributed by atoms with van der Waals surface area (Å²) in [6, 6.07) is 4.86. The van der Waals surface area contributed by atoms with Gasteiger partial charge in [-0.05, 0) is 37.1 Å². The average Bonchev–Trinajstić information content (AvgIpc) is 2.22. The van der Waals surface area contributed by atoms with Crippen molar-refractivity contribution in [2.45, 2.75) is 33.4 Å². The van der Waals surface area contributed by atoms with E-state index >= 15 is 0 Å². The molecule has 1 fully saturated rings. The van der Waals surface area contributed by atoms with E-state index in [4.69, 9.17) is 0 Å². The number of aromatic hydroxyl groups is 1. The lowest BCUT2D eigenvalue weighted by Gasteiger charge is -2.37. The second-order valence-corrected chi connectivity index (χ2v) is 4.95. The maximum atomic E-state index is 9.76. The van der Waals surface area contributed by atoms with Crippen molar-refractivity contribution in [2.75, 3.05) is 19.6 Å². The van der Waals surface area contributed by atoms with Gasteiger partial charge in [0, 0.05) is 25.7 Å². The molecule has 0 spiro atoms. The minimum Gasteiger partial charge on any atom is -0.507 e. The Morgan fingerprint density at radius 1 is 1.29 bits per heavy atom. The molecule has 94 valence electrons. The molecule has 1 saturated heterocycles. The van der Waals surface area contributed by atoms with Crippen molar-refractivity contribution in [3.63, 3.8) is 0 Å². The molecule has 0 aliphatic carbocycles. The summed E-state index contributed by atoms with van der Waals surface area (Å²) in [6.45, 7) is 10.4. The SMILES string of the molecule is CCN(Cc1cc(C)c(O)c(C)c1)C1CNC1. The van der Waals surface area contributed by atoms with E-state index in [9.17, 15) is 5.11 Å². The van der Waals surface area contributed by atoms with Gasteiger partial charge < -0.3 is 10.4 Å². The van der Waals surface area contributed by atoms with Crippen LogP contribution in [-0.4, -0.2) is 35.7 Å². The molecule has 1 heterocycles. The summed E-state index contributed by atoms with van der Waals surface area (Å²) in [5.41, 5.74) is 3.25. The fourth-order valence-electron chi connectivity index (χ4n) is 2.40. The van der Waals surface area contributed by atoms with Crippen LogP contribution in [0.25, 0.3) is 0 Å². The van der Waals surface area contributed by atoms with Gasteiger partial charge in [0.25, 0.3) is 0 Å². The average molecular weight is 234 g/mol. The maximum Gasteiger partial charge on any atom is 0.121 e. The Hall–Kier alpha value is -1.06. The van der Waals surface area contributed by atoms with Gasteiger partial charge in [0.1, 0.15) is 5.75 Å². The van der Waals surface area contributed by atoms with E-state index in [0.29, 0.717) is 11.8 Å².